The fourth-order valence-corrected chi connectivity index (χ4v) is 3.17. The Kier molecular flexibility index (Phi) is 6.61. The average Bonchev–Trinajstić information content (AvgIpc) is 2.70. The molecule has 9 heteroatoms. The number of carbonyl (C=O) groups is 4. The van der Waals surface area contributed by atoms with Crippen molar-refractivity contribution in [2.24, 2.45) is 5.92 Å². The highest BCUT2D eigenvalue weighted by atomic mass is 16.5. The molecule has 0 radical (unpaired) electrons. The van der Waals surface area contributed by atoms with Crippen LogP contribution in [0.25, 0.3) is 0 Å². The SMILES string of the molecule is COC(=O)C[C@H](C)NC(=O)CN1C(=O)c2cc(N)ccc2NC(=O)[C@@H]1C(C)C. The summed E-state index contributed by atoms with van der Waals surface area (Å²) in [5.41, 5.74) is 6.75. The van der Waals surface area contributed by atoms with Gasteiger partial charge in [0, 0.05) is 11.7 Å². The topological polar surface area (TPSA) is 131 Å². The van der Waals surface area contributed by atoms with E-state index in [0.29, 0.717) is 11.4 Å². The van der Waals surface area contributed by atoms with Gasteiger partial charge in [-0.3, -0.25) is 19.2 Å². The molecule has 1 aliphatic heterocycles. The van der Waals surface area contributed by atoms with Crippen LogP contribution in [0.2, 0.25) is 0 Å². The van der Waals surface area contributed by atoms with E-state index in [9.17, 15) is 19.2 Å². The van der Waals surface area contributed by atoms with E-state index < -0.39 is 29.9 Å². The van der Waals surface area contributed by atoms with E-state index in [2.05, 4.69) is 15.4 Å². The Balaban J connectivity index is 2.27. The molecule has 2 atom stereocenters. The maximum Gasteiger partial charge on any atom is 0.307 e. The third-order valence-electron chi connectivity index (χ3n) is 4.45. The number of hydrogen-bond acceptors (Lipinski definition) is 6. The molecule has 4 N–H and O–H groups in total. The number of nitrogens with two attached hydrogens (primary N) is 1. The minimum Gasteiger partial charge on any atom is -0.469 e. The van der Waals surface area contributed by atoms with Gasteiger partial charge in [0.25, 0.3) is 5.91 Å². The van der Waals surface area contributed by atoms with Crippen molar-refractivity contribution in [3.63, 3.8) is 0 Å². The molecule has 0 bridgehead atoms. The van der Waals surface area contributed by atoms with Gasteiger partial charge in [-0.1, -0.05) is 13.8 Å². The number of ether oxygens (including phenoxy) is 1. The van der Waals surface area contributed by atoms with Crippen molar-refractivity contribution in [2.75, 3.05) is 24.7 Å². The van der Waals surface area contributed by atoms with E-state index in [-0.39, 0.29) is 30.4 Å². The zero-order valence-corrected chi connectivity index (χ0v) is 16.4. The lowest BCUT2D eigenvalue weighted by Gasteiger charge is -2.31. The molecule has 1 aliphatic rings. The van der Waals surface area contributed by atoms with Crippen LogP contribution in [0.15, 0.2) is 18.2 Å². The van der Waals surface area contributed by atoms with Crippen LogP contribution in [0, 0.1) is 5.92 Å². The summed E-state index contributed by atoms with van der Waals surface area (Å²) >= 11 is 0. The van der Waals surface area contributed by atoms with Gasteiger partial charge in [0.2, 0.25) is 11.8 Å². The van der Waals surface area contributed by atoms with Gasteiger partial charge in [0.1, 0.15) is 12.6 Å². The molecule has 9 nitrogen and oxygen atoms in total. The van der Waals surface area contributed by atoms with Crippen LogP contribution in [-0.2, 0) is 19.1 Å². The van der Waals surface area contributed by atoms with Gasteiger partial charge in [-0.2, -0.15) is 0 Å². The first-order valence-electron chi connectivity index (χ1n) is 9.01. The first-order valence-corrected chi connectivity index (χ1v) is 9.01. The minimum absolute atomic E-state index is 0.00362. The lowest BCUT2D eigenvalue weighted by molar-refractivity contribution is -0.141. The van der Waals surface area contributed by atoms with Gasteiger partial charge in [-0.15, -0.1) is 0 Å². The van der Waals surface area contributed by atoms with Gasteiger partial charge in [-0.25, -0.2) is 0 Å². The summed E-state index contributed by atoms with van der Waals surface area (Å²) in [5, 5.41) is 5.39. The zero-order chi connectivity index (χ0) is 21.0. The van der Waals surface area contributed by atoms with Crippen molar-refractivity contribution in [3.8, 4) is 0 Å². The smallest absolute Gasteiger partial charge is 0.307 e. The molecule has 152 valence electrons. The lowest BCUT2D eigenvalue weighted by atomic mass is 10.0. The molecule has 0 saturated heterocycles. The summed E-state index contributed by atoms with van der Waals surface area (Å²) < 4.78 is 4.58. The number of benzene rings is 1. The number of amides is 3. The fourth-order valence-electron chi connectivity index (χ4n) is 3.17. The van der Waals surface area contributed by atoms with Gasteiger partial charge < -0.3 is 26.0 Å². The molecular weight excluding hydrogens is 364 g/mol. The minimum atomic E-state index is -0.831. The first-order chi connectivity index (χ1) is 13.1. The number of hydrogen-bond donors (Lipinski definition) is 3. The molecule has 0 aromatic heterocycles. The van der Waals surface area contributed by atoms with Crippen molar-refractivity contribution in [1.29, 1.82) is 0 Å². The molecule has 0 unspecified atom stereocenters. The fraction of sp³-hybridized carbons (Fsp3) is 0.474. The predicted octanol–water partition coefficient (Wildman–Crippen LogP) is 0.756. The molecule has 0 fully saturated rings. The van der Waals surface area contributed by atoms with Crippen LogP contribution in [-0.4, -0.2) is 54.3 Å². The quantitative estimate of drug-likeness (QED) is 0.485. The molecular formula is C19H26N4O5. The van der Waals surface area contributed by atoms with Gasteiger partial charge in [0.15, 0.2) is 0 Å². The van der Waals surface area contributed by atoms with E-state index in [1.54, 1.807) is 32.9 Å². The maximum atomic E-state index is 13.1. The van der Waals surface area contributed by atoms with Crippen LogP contribution in [0.4, 0.5) is 11.4 Å². The Bertz CT molecular complexity index is 793. The Morgan fingerprint density at radius 2 is 1.96 bits per heavy atom. The highest BCUT2D eigenvalue weighted by molar-refractivity contribution is 6.11. The Morgan fingerprint density at radius 1 is 1.29 bits per heavy atom. The van der Waals surface area contributed by atoms with Crippen molar-refractivity contribution in [1.82, 2.24) is 10.2 Å². The van der Waals surface area contributed by atoms with E-state index in [1.807, 2.05) is 0 Å². The first kappa shape index (κ1) is 21.2. The van der Waals surface area contributed by atoms with Crippen LogP contribution in [0.1, 0.15) is 37.6 Å². The summed E-state index contributed by atoms with van der Waals surface area (Å²) in [6, 6.07) is 3.33. The summed E-state index contributed by atoms with van der Waals surface area (Å²) in [4.78, 5) is 50.9. The number of methoxy groups -OCH3 is 1. The van der Waals surface area contributed by atoms with E-state index in [4.69, 9.17) is 5.73 Å². The highest BCUT2D eigenvalue weighted by Gasteiger charge is 2.38. The monoisotopic (exact) mass is 390 g/mol. The summed E-state index contributed by atoms with van der Waals surface area (Å²) in [6.45, 7) is 4.93. The second-order valence-electron chi connectivity index (χ2n) is 7.16. The number of fused-ring (bicyclic) bond motifs is 1. The predicted molar refractivity (Wildman–Crippen MR) is 103 cm³/mol. The number of nitrogen functional groups attached to an aromatic ring is 1. The Hall–Kier alpha value is -3.10. The molecule has 3 amide bonds. The van der Waals surface area contributed by atoms with Gasteiger partial charge in [0.05, 0.1) is 24.8 Å². The Morgan fingerprint density at radius 3 is 2.57 bits per heavy atom. The zero-order valence-electron chi connectivity index (χ0n) is 16.4. The van der Waals surface area contributed by atoms with E-state index >= 15 is 0 Å². The van der Waals surface area contributed by atoms with Crippen LogP contribution < -0.4 is 16.4 Å². The molecule has 1 heterocycles. The summed E-state index contributed by atoms with van der Waals surface area (Å²) in [5.74, 6) is -1.99. The van der Waals surface area contributed by atoms with E-state index in [1.165, 1.54) is 18.1 Å². The molecule has 28 heavy (non-hydrogen) atoms. The number of nitrogens with one attached hydrogen (secondary N) is 2. The molecule has 0 saturated carbocycles. The van der Waals surface area contributed by atoms with Crippen LogP contribution >= 0.6 is 0 Å². The summed E-state index contributed by atoms with van der Waals surface area (Å²) in [7, 11) is 1.27. The normalized spacial score (nSPS) is 17.5. The Labute approximate surface area is 163 Å². The number of carbonyl (C=O) groups excluding carboxylic acids is 4. The molecule has 0 spiro atoms. The molecule has 2 rings (SSSR count). The highest BCUT2D eigenvalue weighted by Crippen LogP contribution is 2.27. The van der Waals surface area contributed by atoms with Crippen molar-refractivity contribution in [2.45, 2.75) is 39.3 Å². The largest absolute Gasteiger partial charge is 0.469 e. The number of nitrogens with zero attached hydrogens (tertiary/aromatic N) is 1. The van der Waals surface area contributed by atoms with Crippen LogP contribution in [0.5, 0.6) is 0 Å². The third kappa shape index (κ3) is 4.79. The number of rotatable bonds is 6. The number of esters is 1. The maximum absolute atomic E-state index is 13.1. The van der Waals surface area contributed by atoms with E-state index in [0.717, 1.165) is 0 Å². The molecule has 0 aliphatic carbocycles. The van der Waals surface area contributed by atoms with Crippen molar-refractivity contribution >= 4 is 35.1 Å². The standard InChI is InChI=1S/C19H26N4O5/c1-10(2)17-18(26)22-14-6-5-12(20)8-13(14)19(27)23(17)9-15(24)21-11(3)7-16(25)28-4/h5-6,8,10-11,17H,7,9,20H2,1-4H3,(H,21,24)(H,22,26)/t11-,17-/m0/s1. The average molecular weight is 390 g/mol. The third-order valence-corrected chi connectivity index (χ3v) is 4.45. The molecule has 1 aromatic rings. The lowest BCUT2D eigenvalue weighted by Crippen LogP contribution is -2.52. The van der Waals surface area contributed by atoms with Gasteiger partial charge >= 0.3 is 5.97 Å². The molecule has 1 aromatic carbocycles. The summed E-state index contributed by atoms with van der Waals surface area (Å²) in [6.07, 6.45) is 0.00362. The van der Waals surface area contributed by atoms with Crippen molar-refractivity contribution < 1.29 is 23.9 Å². The number of anilines is 2. The second-order valence-corrected chi connectivity index (χ2v) is 7.16. The van der Waals surface area contributed by atoms with Crippen molar-refractivity contribution in [3.05, 3.63) is 23.8 Å². The van der Waals surface area contributed by atoms with Crippen LogP contribution in [0.3, 0.4) is 0 Å². The van der Waals surface area contributed by atoms with Gasteiger partial charge in [-0.05, 0) is 31.0 Å². The second kappa shape index (κ2) is 8.73.